The number of carbonyl (C=O) groups is 2. The maximum Gasteiger partial charge on any atom is 0.318 e. The predicted octanol–water partition coefficient (Wildman–Crippen LogP) is 0.752. The van der Waals surface area contributed by atoms with Crippen LogP contribution >= 0.6 is 11.8 Å². The number of nitrogens with zero attached hydrogens (tertiary/aromatic N) is 3. The minimum atomic E-state index is -0.848. The van der Waals surface area contributed by atoms with Crippen molar-refractivity contribution in [2.75, 3.05) is 5.75 Å². The molecule has 0 aliphatic heterocycles. The number of carbonyl (C=O) groups excluding carboxylic acids is 2. The molecule has 9 heteroatoms. The van der Waals surface area contributed by atoms with Crippen LogP contribution < -0.4 is 11.1 Å². The van der Waals surface area contributed by atoms with E-state index in [1.54, 1.807) is 23.0 Å². The standard InChI is InChI=1S/C11H13N5O3S/c1-16-9(7-3-2-5-19-7)14-15-11(16)20-6-4-8(17)13-10(12)18/h2-3,5H,4,6H2,1H3,(H3,12,13,17,18). The Morgan fingerprint density at radius 3 is 2.95 bits per heavy atom. The number of hydrogen-bond acceptors (Lipinski definition) is 6. The van der Waals surface area contributed by atoms with Crippen LogP contribution in [0.3, 0.4) is 0 Å². The maximum atomic E-state index is 11.2. The molecular weight excluding hydrogens is 282 g/mol. The Bertz CT molecular complexity index is 608. The van der Waals surface area contributed by atoms with Gasteiger partial charge in [-0.15, -0.1) is 10.2 Å². The van der Waals surface area contributed by atoms with Gasteiger partial charge >= 0.3 is 6.03 Å². The van der Waals surface area contributed by atoms with Crippen molar-refractivity contribution >= 4 is 23.7 Å². The fraction of sp³-hybridized carbons (Fsp3) is 0.273. The lowest BCUT2D eigenvalue weighted by Gasteiger charge is -2.02. The molecule has 3 N–H and O–H groups in total. The number of nitrogens with one attached hydrogen (secondary N) is 1. The Morgan fingerprint density at radius 2 is 2.30 bits per heavy atom. The highest BCUT2D eigenvalue weighted by Crippen LogP contribution is 2.23. The van der Waals surface area contributed by atoms with E-state index in [4.69, 9.17) is 10.2 Å². The minimum Gasteiger partial charge on any atom is -0.461 e. The molecule has 0 radical (unpaired) electrons. The van der Waals surface area contributed by atoms with Gasteiger partial charge < -0.3 is 14.7 Å². The van der Waals surface area contributed by atoms with Gasteiger partial charge in [0, 0.05) is 19.2 Å². The summed E-state index contributed by atoms with van der Waals surface area (Å²) in [4.78, 5) is 21.7. The van der Waals surface area contributed by atoms with E-state index in [0.717, 1.165) is 0 Å². The number of amides is 3. The van der Waals surface area contributed by atoms with Crippen LogP contribution in [-0.4, -0.2) is 32.5 Å². The van der Waals surface area contributed by atoms with E-state index in [-0.39, 0.29) is 6.42 Å². The molecule has 0 atom stereocenters. The number of hydrogen-bond donors (Lipinski definition) is 2. The topological polar surface area (TPSA) is 116 Å². The summed E-state index contributed by atoms with van der Waals surface area (Å²) < 4.78 is 7.03. The molecule has 2 aromatic heterocycles. The average molecular weight is 295 g/mol. The van der Waals surface area contributed by atoms with Gasteiger partial charge in [-0.2, -0.15) is 0 Å². The van der Waals surface area contributed by atoms with Gasteiger partial charge in [-0.1, -0.05) is 11.8 Å². The van der Waals surface area contributed by atoms with Gasteiger partial charge in [0.1, 0.15) is 0 Å². The second-order valence-electron chi connectivity index (χ2n) is 3.85. The van der Waals surface area contributed by atoms with Crippen LogP contribution in [0.15, 0.2) is 28.0 Å². The molecule has 2 aromatic rings. The Labute approximate surface area is 118 Å². The smallest absolute Gasteiger partial charge is 0.318 e. The van der Waals surface area contributed by atoms with Crippen molar-refractivity contribution in [2.24, 2.45) is 12.8 Å². The normalized spacial score (nSPS) is 10.4. The zero-order chi connectivity index (χ0) is 14.5. The molecule has 0 unspecified atom stereocenters. The third-order valence-corrected chi connectivity index (χ3v) is 3.42. The fourth-order valence-corrected chi connectivity index (χ4v) is 2.34. The van der Waals surface area contributed by atoms with Crippen molar-refractivity contribution in [1.29, 1.82) is 0 Å². The fourth-order valence-electron chi connectivity index (χ4n) is 1.50. The van der Waals surface area contributed by atoms with Crippen LogP contribution in [0.25, 0.3) is 11.6 Å². The Kier molecular flexibility index (Phi) is 4.41. The van der Waals surface area contributed by atoms with E-state index < -0.39 is 11.9 Å². The summed E-state index contributed by atoms with van der Waals surface area (Å²) in [5.74, 6) is 1.28. The second kappa shape index (κ2) is 6.24. The first-order valence-electron chi connectivity index (χ1n) is 5.73. The Morgan fingerprint density at radius 1 is 1.50 bits per heavy atom. The van der Waals surface area contributed by atoms with Gasteiger partial charge in [0.15, 0.2) is 16.7 Å². The summed E-state index contributed by atoms with van der Waals surface area (Å²) in [6.45, 7) is 0. The molecule has 0 saturated carbocycles. The lowest BCUT2D eigenvalue weighted by molar-refractivity contribution is -0.119. The lowest BCUT2D eigenvalue weighted by atomic mass is 10.4. The van der Waals surface area contributed by atoms with E-state index in [2.05, 4.69) is 10.2 Å². The van der Waals surface area contributed by atoms with Crippen molar-refractivity contribution < 1.29 is 14.0 Å². The maximum absolute atomic E-state index is 11.2. The highest BCUT2D eigenvalue weighted by atomic mass is 32.2. The lowest BCUT2D eigenvalue weighted by Crippen LogP contribution is -2.35. The zero-order valence-corrected chi connectivity index (χ0v) is 11.5. The number of nitrogens with two attached hydrogens (primary N) is 1. The highest BCUT2D eigenvalue weighted by Gasteiger charge is 2.13. The van der Waals surface area contributed by atoms with Crippen molar-refractivity contribution in [1.82, 2.24) is 20.1 Å². The number of furan rings is 1. The summed E-state index contributed by atoms with van der Waals surface area (Å²) in [5.41, 5.74) is 4.84. The summed E-state index contributed by atoms with van der Waals surface area (Å²) in [6, 6.07) is 2.71. The van der Waals surface area contributed by atoms with Gasteiger partial charge in [-0.3, -0.25) is 10.1 Å². The van der Waals surface area contributed by atoms with Crippen molar-refractivity contribution in [2.45, 2.75) is 11.6 Å². The molecule has 0 spiro atoms. The first-order valence-corrected chi connectivity index (χ1v) is 6.72. The summed E-state index contributed by atoms with van der Waals surface area (Å²) in [5, 5.41) is 10.7. The number of aromatic nitrogens is 3. The molecule has 0 saturated heterocycles. The van der Waals surface area contributed by atoms with Gasteiger partial charge in [-0.05, 0) is 12.1 Å². The summed E-state index contributed by atoms with van der Waals surface area (Å²) in [6.07, 6.45) is 1.72. The van der Waals surface area contributed by atoms with Crippen molar-refractivity contribution in [3.8, 4) is 11.6 Å². The molecule has 106 valence electrons. The summed E-state index contributed by atoms with van der Waals surface area (Å²) >= 11 is 1.36. The van der Waals surface area contributed by atoms with Crippen molar-refractivity contribution in [3.05, 3.63) is 18.4 Å². The SMILES string of the molecule is Cn1c(SCCC(=O)NC(N)=O)nnc1-c1ccco1. The van der Waals surface area contributed by atoms with E-state index in [9.17, 15) is 9.59 Å². The zero-order valence-electron chi connectivity index (χ0n) is 10.7. The quantitative estimate of drug-likeness (QED) is 0.786. The number of imide groups is 1. The molecule has 0 aliphatic rings. The monoisotopic (exact) mass is 295 g/mol. The molecule has 0 bridgehead atoms. The van der Waals surface area contributed by atoms with Crippen LogP contribution in [0.1, 0.15) is 6.42 Å². The van der Waals surface area contributed by atoms with Crippen LogP contribution in [0.5, 0.6) is 0 Å². The van der Waals surface area contributed by atoms with Gasteiger partial charge in [0.25, 0.3) is 0 Å². The Hall–Kier alpha value is -2.29. The molecule has 0 aliphatic carbocycles. The van der Waals surface area contributed by atoms with Gasteiger partial charge in [0.05, 0.1) is 6.26 Å². The molecule has 0 aromatic carbocycles. The molecular formula is C11H13N5O3S. The number of thioether (sulfide) groups is 1. The molecule has 8 nitrogen and oxygen atoms in total. The molecule has 3 amide bonds. The van der Waals surface area contributed by atoms with E-state index in [1.807, 2.05) is 12.4 Å². The second-order valence-corrected chi connectivity index (χ2v) is 4.92. The average Bonchev–Trinajstić information content (AvgIpc) is 2.99. The van der Waals surface area contributed by atoms with E-state index in [1.165, 1.54) is 11.8 Å². The van der Waals surface area contributed by atoms with Gasteiger partial charge in [-0.25, -0.2) is 4.79 Å². The van der Waals surface area contributed by atoms with Gasteiger partial charge in [0.2, 0.25) is 5.91 Å². The van der Waals surface area contributed by atoms with Crippen LogP contribution in [0.2, 0.25) is 0 Å². The minimum absolute atomic E-state index is 0.163. The number of urea groups is 1. The number of primary amides is 1. The molecule has 0 fully saturated rings. The first-order chi connectivity index (χ1) is 9.58. The van der Waals surface area contributed by atoms with Crippen LogP contribution in [-0.2, 0) is 11.8 Å². The van der Waals surface area contributed by atoms with Crippen LogP contribution in [0.4, 0.5) is 4.79 Å². The predicted molar refractivity (Wildman–Crippen MR) is 71.8 cm³/mol. The highest BCUT2D eigenvalue weighted by molar-refractivity contribution is 7.99. The third kappa shape index (κ3) is 3.38. The Balaban J connectivity index is 1.91. The van der Waals surface area contributed by atoms with Crippen LogP contribution in [0, 0.1) is 0 Å². The third-order valence-electron chi connectivity index (χ3n) is 2.40. The largest absolute Gasteiger partial charge is 0.461 e. The molecule has 2 heterocycles. The van der Waals surface area contributed by atoms with E-state index >= 15 is 0 Å². The summed E-state index contributed by atoms with van der Waals surface area (Å²) in [7, 11) is 1.81. The molecule has 20 heavy (non-hydrogen) atoms. The van der Waals surface area contributed by atoms with Crippen molar-refractivity contribution in [3.63, 3.8) is 0 Å². The molecule has 2 rings (SSSR count). The number of rotatable bonds is 5. The van der Waals surface area contributed by atoms with E-state index in [0.29, 0.717) is 22.5 Å². The first kappa shape index (κ1) is 14.1.